The standard InChI is InChI=1S/C20H36N4O3/c1-20(2,3)14-24-8-7-16-18(24)19(26)21-13-15(22(16)4)5-6-17(25)23-9-11-27-12-10-23/h15-16,18H,5-14H2,1-4H3,(H,21,26)/t15-,16+,18-/m0/s1. The minimum atomic E-state index is -0.0748. The predicted octanol–water partition coefficient (Wildman–Crippen LogP) is 0.545. The zero-order valence-electron chi connectivity index (χ0n) is 17.4. The van der Waals surface area contributed by atoms with Crippen LogP contribution in [0.4, 0.5) is 0 Å². The van der Waals surface area contributed by atoms with Gasteiger partial charge in [-0.3, -0.25) is 19.4 Å². The summed E-state index contributed by atoms with van der Waals surface area (Å²) < 4.78 is 5.33. The number of likely N-dealkylation sites (tertiary alicyclic amines) is 1. The van der Waals surface area contributed by atoms with Crippen molar-refractivity contribution in [3.05, 3.63) is 0 Å². The lowest BCUT2D eigenvalue weighted by Gasteiger charge is -2.35. The Hall–Kier alpha value is -1.18. The molecule has 3 rings (SSSR count). The highest BCUT2D eigenvalue weighted by atomic mass is 16.5. The summed E-state index contributed by atoms with van der Waals surface area (Å²) in [5.74, 6) is 0.357. The summed E-state index contributed by atoms with van der Waals surface area (Å²) in [5, 5.41) is 3.15. The Morgan fingerprint density at radius 1 is 1.22 bits per heavy atom. The Bertz CT molecular complexity index is 542. The van der Waals surface area contributed by atoms with Crippen molar-refractivity contribution in [3.8, 4) is 0 Å². The van der Waals surface area contributed by atoms with Gasteiger partial charge in [-0.25, -0.2) is 0 Å². The van der Waals surface area contributed by atoms with Gasteiger partial charge in [-0.2, -0.15) is 0 Å². The van der Waals surface area contributed by atoms with Crippen LogP contribution in [-0.4, -0.2) is 97.6 Å². The zero-order chi connectivity index (χ0) is 19.6. The summed E-state index contributed by atoms with van der Waals surface area (Å²) in [5.41, 5.74) is 0.171. The molecule has 1 N–H and O–H groups in total. The average Bonchev–Trinajstić information content (AvgIpc) is 2.98. The summed E-state index contributed by atoms with van der Waals surface area (Å²) in [7, 11) is 2.13. The van der Waals surface area contributed by atoms with E-state index in [1.54, 1.807) is 0 Å². The van der Waals surface area contributed by atoms with Crippen molar-refractivity contribution in [2.75, 3.05) is 53.0 Å². The lowest BCUT2D eigenvalue weighted by molar-refractivity contribution is -0.135. The van der Waals surface area contributed by atoms with Crippen molar-refractivity contribution in [1.82, 2.24) is 20.0 Å². The van der Waals surface area contributed by atoms with Crippen molar-refractivity contribution < 1.29 is 14.3 Å². The number of nitrogens with zero attached hydrogens (tertiary/aromatic N) is 3. The molecule has 3 saturated heterocycles. The third-order valence-electron chi connectivity index (χ3n) is 6.08. The number of amides is 2. The van der Waals surface area contributed by atoms with Crippen LogP contribution in [0.1, 0.15) is 40.0 Å². The van der Waals surface area contributed by atoms with E-state index >= 15 is 0 Å². The van der Waals surface area contributed by atoms with E-state index < -0.39 is 0 Å². The number of likely N-dealkylation sites (N-methyl/N-ethyl adjacent to an activating group) is 1. The van der Waals surface area contributed by atoms with Gasteiger partial charge < -0.3 is 15.0 Å². The number of hydrogen-bond donors (Lipinski definition) is 1. The second-order valence-corrected chi connectivity index (χ2v) is 9.43. The fraction of sp³-hybridized carbons (Fsp3) is 0.900. The molecule has 7 heteroatoms. The third kappa shape index (κ3) is 5.00. The van der Waals surface area contributed by atoms with Gasteiger partial charge in [0.05, 0.1) is 13.2 Å². The molecule has 3 fully saturated rings. The molecule has 0 aromatic heterocycles. The molecule has 154 valence electrons. The first-order valence-electron chi connectivity index (χ1n) is 10.4. The minimum absolute atomic E-state index is 0.0748. The van der Waals surface area contributed by atoms with Crippen molar-refractivity contribution in [2.45, 2.75) is 58.2 Å². The van der Waals surface area contributed by atoms with Crippen LogP contribution in [0, 0.1) is 5.41 Å². The van der Waals surface area contributed by atoms with Gasteiger partial charge in [0.15, 0.2) is 0 Å². The fourth-order valence-corrected chi connectivity index (χ4v) is 4.70. The molecule has 27 heavy (non-hydrogen) atoms. The number of morpholine rings is 1. The lowest BCUT2D eigenvalue weighted by atomic mass is 9.95. The summed E-state index contributed by atoms with van der Waals surface area (Å²) >= 11 is 0. The van der Waals surface area contributed by atoms with Crippen LogP contribution in [0.5, 0.6) is 0 Å². The second kappa shape index (κ2) is 8.45. The Labute approximate surface area is 163 Å². The van der Waals surface area contributed by atoms with Gasteiger partial charge in [-0.15, -0.1) is 0 Å². The third-order valence-corrected chi connectivity index (χ3v) is 6.08. The summed E-state index contributed by atoms with van der Waals surface area (Å²) in [6.45, 7) is 11.8. The SMILES string of the molecule is CN1[C@@H](CCC(=O)N2CCOCC2)CNC(=O)[C@@H]2[C@H]1CCN2CC(C)(C)C. The quantitative estimate of drug-likeness (QED) is 0.771. The molecule has 0 bridgehead atoms. The molecule has 3 heterocycles. The molecule has 0 radical (unpaired) electrons. The fourth-order valence-electron chi connectivity index (χ4n) is 4.70. The number of carbonyl (C=O) groups is 2. The van der Waals surface area contributed by atoms with E-state index in [-0.39, 0.29) is 35.4 Å². The molecule has 0 aromatic rings. The monoisotopic (exact) mass is 380 g/mol. The van der Waals surface area contributed by atoms with E-state index in [9.17, 15) is 9.59 Å². The summed E-state index contributed by atoms with van der Waals surface area (Å²) in [4.78, 5) is 31.9. The van der Waals surface area contributed by atoms with Crippen LogP contribution < -0.4 is 5.32 Å². The summed E-state index contributed by atoms with van der Waals surface area (Å²) in [6.07, 6.45) is 2.34. The van der Waals surface area contributed by atoms with Gasteiger partial charge in [0.1, 0.15) is 6.04 Å². The van der Waals surface area contributed by atoms with Gasteiger partial charge >= 0.3 is 0 Å². The zero-order valence-corrected chi connectivity index (χ0v) is 17.4. The van der Waals surface area contributed by atoms with Crippen LogP contribution in [-0.2, 0) is 14.3 Å². The number of fused-ring (bicyclic) bond motifs is 1. The van der Waals surface area contributed by atoms with Crippen LogP contribution >= 0.6 is 0 Å². The summed E-state index contributed by atoms with van der Waals surface area (Å²) in [6, 6.07) is 0.371. The second-order valence-electron chi connectivity index (χ2n) is 9.43. The number of ether oxygens (including phenoxy) is 1. The average molecular weight is 381 g/mol. The molecule has 7 nitrogen and oxygen atoms in total. The molecule has 0 saturated carbocycles. The highest BCUT2D eigenvalue weighted by Crippen LogP contribution is 2.30. The molecule has 3 aliphatic rings. The lowest BCUT2D eigenvalue weighted by Crippen LogP contribution is -2.51. The molecule has 0 spiro atoms. The van der Waals surface area contributed by atoms with Crippen LogP contribution in [0.2, 0.25) is 0 Å². The van der Waals surface area contributed by atoms with Crippen molar-refractivity contribution in [1.29, 1.82) is 0 Å². The Morgan fingerprint density at radius 3 is 2.59 bits per heavy atom. The normalized spacial score (nSPS) is 30.7. The van der Waals surface area contributed by atoms with Crippen molar-refractivity contribution in [3.63, 3.8) is 0 Å². The van der Waals surface area contributed by atoms with Crippen molar-refractivity contribution in [2.24, 2.45) is 5.41 Å². The van der Waals surface area contributed by atoms with Crippen LogP contribution in [0.25, 0.3) is 0 Å². The van der Waals surface area contributed by atoms with Gasteiger partial charge in [0, 0.05) is 51.2 Å². The minimum Gasteiger partial charge on any atom is -0.378 e. The van der Waals surface area contributed by atoms with Gasteiger partial charge in [0.2, 0.25) is 11.8 Å². The van der Waals surface area contributed by atoms with E-state index in [0.29, 0.717) is 39.3 Å². The number of nitrogens with one attached hydrogen (secondary N) is 1. The van der Waals surface area contributed by atoms with Crippen LogP contribution in [0.3, 0.4) is 0 Å². The maximum Gasteiger partial charge on any atom is 0.239 e. The molecule has 0 unspecified atom stereocenters. The van der Waals surface area contributed by atoms with E-state index in [4.69, 9.17) is 4.74 Å². The number of rotatable bonds is 4. The maximum absolute atomic E-state index is 12.8. The van der Waals surface area contributed by atoms with E-state index in [2.05, 4.69) is 42.9 Å². The molecule has 0 aromatic carbocycles. The Morgan fingerprint density at radius 2 is 1.93 bits per heavy atom. The largest absolute Gasteiger partial charge is 0.378 e. The first-order chi connectivity index (χ1) is 12.8. The number of hydrogen-bond acceptors (Lipinski definition) is 5. The van der Waals surface area contributed by atoms with Gasteiger partial charge in [0.25, 0.3) is 0 Å². The molecule has 0 aliphatic carbocycles. The molecule has 3 atom stereocenters. The number of carbonyl (C=O) groups excluding carboxylic acids is 2. The Balaban J connectivity index is 1.60. The topological polar surface area (TPSA) is 65.1 Å². The Kier molecular flexibility index (Phi) is 6.43. The molecule has 3 aliphatic heterocycles. The van der Waals surface area contributed by atoms with E-state index in [0.717, 1.165) is 25.9 Å². The molecule has 2 amide bonds. The molecular weight excluding hydrogens is 344 g/mol. The highest BCUT2D eigenvalue weighted by Gasteiger charge is 2.45. The van der Waals surface area contributed by atoms with E-state index in [1.807, 2.05) is 4.90 Å². The highest BCUT2D eigenvalue weighted by molar-refractivity contribution is 5.83. The first-order valence-corrected chi connectivity index (χ1v) is 10.4. The smallest absolute Gasteiger partial charge is 0.239 e. The van der Waals surface area contributed by atoms with Crippen LogP contribution in [0.15, 0.2) is 0 Å². The van der Waals surface area contributed by atoms with Gasteiger partial charge in [-0.05, 0) is 25.3 Å². The molecular formula is C20H36N4O3. The van der Waals surface area contributed by atoms with Crippen molar-refractivity contribution >= 4 is 11.8 Å². The predicted molar refractivity (Wildman–Crippen MR) is 104 cm³/mol. The van der Waals surface area contributed by atoms with E-state index in [1.165, 1.54) is 0 Å². The van der Waals surface area contributed by atoms with Gasteiger partial charge in [-0.1, -0.05) is 20.8 Å². The first kappa shape index (κ1) is 20.6. The maximum atomic E-state index is 12.8.